The fourth-order valence-corrected chi connectivity index (χ4v) is 2.78. The Hall–Kier alpha value is -3.54. The molecule has 0 atom stereocenters. The number of rotatable bonds is 7. The van der Waals surface area contributed by atoms with Crippen LogP contribution >= 0.6 is 0 Å². The fourth-order valence-electron chi connectivity index (χ4n) is 2.78. The molecule has 0 aliphatic rings. The molecule has 1 heterocycles. The topological polar surface area (TPSA) is 69.7 Å². The maximum Gasteiger partial charge on any atom is 0.253 e. The van der Waals surface area contributed by atoms with Gasteiger partial charge in [-0.2, -0.15) is 0 Å². The minimum atomic E-state index is -0.209. The summed E-state index contributed by atoms with van der Waals surface area (Å²) < 4.78 is 15.8. The van der Waals surface area contributed by atoms with E-state index < -0.39 is 0 Å². The van der Waals surface area contributed by atoms with Crippen LogP contribution in [-0.2, 0) is 6.54 Å². The molecule has 0 aliphatic carbocycles. The number of nitrogens with one attached hydrogen (secondary N) is 1. The van der Waals surface area contributed by atoms with Crippen LogP contribution in [0.15, 0.2) is 60.9 Å². The van der Waals surface area contributed by atoms with Crippen molar-refractivity contribution in [2.24, 2.45) is 0 Å². The Morgan fingerprint density at radius 3 is 2.21 bits per heavy atom. The number of pyridine rings is 1. The van der Waals surface area contributed by atoms with Crippen LogP contribution in [0, 0.1) is 0 Å². The van der Waals surface area contributed by atoms with Gasteiger partial charge in [0.2, 0.25) is 0 Å². The molecule has 0 radical (unpaired) electrons. The van der Waals surface area contributed by atoms with Crippen molar-refractivity contribution in [3.8, 4) is 28.4 Å². The summed E-state index contributed by atoms with van der Waals surface area (Å²) in [4.78, 5) is 16.8. The highest BCUT2D eigenvalue weighted by atomic mass is 16.5. The highest BCUT2D eigenvalue weighted by Gasteiger charge is 2.10. The number of ether oxygens (including phenoxy) is 3. The molecular formula is C23H26N2O4. The van der Waals surface area contributed by atoms with Crippen LogP contribution in [-0.4, -0.2) is 32.2 Å². The Labute approximate surface area is 171 Å². The molecule has 6 nitrogen and oxygen atoms in total. The Bertz CT molecular complexity index is 950. The second-order valence-corrected chi connectivity index (χ2v) is 6.10. The molecule has 3 rings (SSSR count). The number of aromatic nitrogens is 1. The summed E-state index contributed by atoms with van der Waals surface area (Å²) in [5, 5.41) is 2.90. The van der Waals surface area contributed by atoms with Crippen molar-refractivity contribution in [1.29, 1.82) is 0 Å². The predicted molar refractivity (Wildman–Crippen MR) is 114 cm³/mol. The second-order valence-electron chi connectivity index (χ2n) is 6.10. The number of hydrogen-bond donors (Lipinski definition) is 1. The van der Waals surface area contributed by atoms with Gasteiger partial charge >= 0.3 is 0 Å². The largest absolute Gasteiger partial charge is 0.497 e. The van der Waals surface area contributed by atoms with Crippen molar-refractivity contribution in [1.82, 2.24) is 10.3 Å². The van der Waals surface area contributed by atoms with Crippen LogP contribution in [0.5, 0.6) is 17.2 Å². The molecule has 0 bridgehead atoms. The summed E-state index contributed by atoms with van der Waals surface area (Å²) >= 11 is 0. The van der Waals surface area contributed by atoms with E-state index in [1.807, 2.05) is 42.5 Å². The molecule has 1 aromatic heterocycles. The number of methoxy groups -OCH3 is 3. The summed E-state index contributed by atoms with van der Waals surface area (Å²) in [6, 6.07) is 14.9. The SMILES string of the molecule is C.COc1cc(CNC(=O)c2cncc(-c3cccc(OC)c3)c2)cc(OC)c1. The average Bonchev–Trinajstić information content (AvgIpc) is 2.77. The molecule has 1 N–H and O–H groups in total. The third-order valence-corrected chi connectivity index (χ3v) is 4.27. The predicted octanol–water partition coefficient (Wildman–Crippen LogP) is 4.34. The van der Waals surface area contributed by atoms with Crippen molar-refractivity contribution < 1.29 is 19.0 Å². The van der Waals surface area contributed by atoms with E-state index in [4.69, 9.17) is 14.2 Å². The number of hydrogen-bond acceptors (Lipinski definition) is 5. The first kappa shape index (κ1) is 21.8. The van der Waals surface area contributed by atoms with Gasteiger partial charge in [-0.05, 0) is 41.5 Å². The minimum absolute atomic E-state index is 0. The number of carbonyl (C=O) groups excluding carboxylic acids is 1. The van der Waals surface area contributed by atoms with E-state index in [0.717, 1.165) is 22.4 Å². The van der Waals surface area contributed by atoms with Gasteiger partial charge in [-0.15, -0.1) is 0 Å². The van der Waals surface area contributed by atoms with Crippen molar-refractivity contribution in [2.75, 3.05) is 21.3 Å². The van der Waals surface area contributed by atoms with Crippen LogP contribution in [0.3, 0.4) is 0 Å². The first-order valence-electron chi connectivity index (χ1n) is 8.72. The van der Waals surface area contributed by atoms with Gasteiger partial charge in [-0.25, -0.2) is 0 Å². The summed E-state index contributed by atoms with van der Waals surface area (Å²) in [7, 11) is 4.80. The molecule has 2 aromatic carbocycles. The lowest BCUT2D eigenvalue weighted by molar-refractivity contribution is 0.0950. The van der Waals surface area contributed by atoms with Gasteiger partial charge in [-0.1, -0.05) is 19.6 Å². The van der Waals surface area contributed by atoms with Gasteiger partial charge in [0.1, 0.15) is 17.2 Å². The fraction of sp³-hybridized carbons (Fsp3) is 0.217. The van der Waals surface area contributed by atoms with Crippen LogP contribution in [0.4, 0.5) is 0 Å². The summed E-state index contributed by atoms with van der Waals surface area (Å²) in [5.41, 5.74) is 3.13. The first-order valence-corrected chi connectivity index (χ1v) is 8.72. The van der Waals surface area contributed by atoms with E-state index in [-0.39, 0.29) is 13.3 Å². The molecule has 0 fully saturated rings. The number of carbonyl (C=O) groups is 1. The molecule has 3 aromatic rings. The summed E-state index contributed by atoms with van der Waals surface area (Å²) in [6.45, 7) is 0.343. The molecule has 0 saturated carbocycles. The number of amides is 1. The summed E-state index contributed by atoms with van der Waals surface area (Å²) in [5.74, 6) is 1.88. The molecular weight excluding hydrogens is 368 g/mol. The van der Waals surface area contributed by atoms with E-state index in [9.17, 15) is 4.79 Å². The van der Waals surface area contributed by atoms with Gasteiger partial charge in [0.05, 0.1) is 26.9 Å². The third-order valence-electron chi connectivity index (χ3n) is 4.27. The molecule has 0 spiro atoms. The highest BCUT2D eigenvalue weighted by Crippen LogP contribution is 2.24. The van der Waals surface area contributed by atoms with Crippen LogP contribution in [0.25, 0.3) is 11.1 Å². The van der Waals surface area contributed by atoms with Crippen molar-refractivity contribution >= 4 is 5.91 Å². The standard InChI is InChI=1S/C22H22N2O4.CH4/c1-26-19-6-4-5-16(10-19)17-9-18(14-23-13-17)22(25)24-12-15-7-20(27-2)11-21(8-15)28-3;/h4-11,13-14H,12H2,1-3H3,(H,24,25);1H4. The zero-order chi connectivity index (χ0) is 19.9. The smallest absolute Gasteiger partial charge is 0.253 e. The Morgan fingerprint density at radius 2 is 1.55 bits per heavy atom. The van der Waals surface area contributed by atoms with Crippen LogP contribution in [0.1, 0.15) is 23.3 Å². The van der Waals surface area contributed by atoms with Crippen molar-refractivity contribution in [3.05, 3.63) is 72.1 Å². The normalized spacial score (nSPS) is 9.90. The lowest BCUT2D eigenvalue weighted by Crippen LogP contribution is -2.23. The minimum Gasteiger partial charge on any atom is -0.497 e. The van der Waals surface area contributed by atoms with Gasteiger partial charge < -0.3 is 19.5 Å². The van der Waals surface area contributed by atoms with E-state index in [1.54, 1.807) is 39.8 Å². The lowest BCUT2D eigenvalue weighted by Gasteiger charge is -2.10. The maximum atomic E-state index is 12.6. The first-order chi connectivity index (χ1) is 13.6. The summed E-state index contributed by atoms with van der Waals surface area (Å²) in [6.07, 6.45) is 3.27. The molecule has 6 heteroatoms. The molecule has 29 heavy (non-hydrogen) atoms. The van der Waals surface area contributed by atoms with Crippen LogP contribution in [0.2, 0.25) is 0 Å². The maximum absolute atomic E-state index is 12.6. The quantitative estimate of drug-likeness (QED) is 0.645. The Balaban J connectivity index is 0.00000300. The number of nitrogens with zero attached hydrogens (tertiary/aromatic N) is 1. The van der Waals surface area contributed by atoms with E-state index in [0.29, 0.717) is 23.6 Å². The third kappa shape index (κ3) is 5.48. The molecule has 152 valence electrons. The van der Waals surface area contributed by atoms with Crippen molar-refractivity contribution in [2.45, 2.75) is 14.0 Å². The van der Waals surface area contributed by atoms with E-state index in [1.165, 1.54) is 0 Å². The number of benzene rings is 2. The highest BCUT2D eigenvalue weighted by molar-refractivity contribution is 5.95. The molecule has 1 amide bonds. The van der Waals surface area contributed by atoms with Crippen LogP contribution < -0.4 is 19.5 Å². The molecule has 0 unspecified atom stereocenters. The van der Waals surface area contributed by atoms with Gasteiger partial charge in [0.15, 0.2) is 0 Å². The van der Waals surface area contributed by atoms with Gasteiger partial charge in [0.25, 0.3) is 5.91 Å². The average molecular weight is 394 g/mol. The lowest BCUT2D eigenvalue weighted by atomic mass is 10.1. The molecule has 0 saturated heterocycles. The second kappa shape index (κ2) is 10.1. The van der Waals surface area contributed by atoms with Crippen molar-refractivity contribution in [3.63, 3.8) is 0 Å². The monoisotopic (exact) mass is 394 g/mol. The van der Waals surface area contributed by atoms with Gasteiger partial charge in [-0.3, -0.25) is 9.78 Å². The van der Waals surface area contributed by atoms with E-state index >= 15 is 0 Å². The van der Waals surface area contributed by atoms with E-state index in [2.05, 4.69) is 10.3 Å². The zero-order valence-corrected chi connectivity index (χ0v) is 16.1. The Morgan fingerprint density at radius 1 is 0.862 bits per heavy atom. The Kier molecular flexibility index (Phi) is 7.60. The molecule has 0 aliphatic heterocycles. The van der Waals surface area contributed by atoms with Gasteiger partial charge in [0, 0.05) is 30.6 Å². The zero-order valence-electron chi connectivity index (χ0n) is 16.1.